The van der Waals surface area contributed by atoms with Gasteiger partial charge in [-0.2, -0.15) is 0 Å². The summed E-state index contributed by atoms with van der Waals surface area (Å²) >= 11 is 0. The third-order valence-electron chi connectivity index (χ3n) is 5.44. The van der Waals surface area contributed by atoms with Gasteiger partial charge in [-0.05, 0) is 72.5 Å². The number of H-pyrrole nitrogens is 1. The fourth-order valence-corrected chi connectivity index (χ4v) is 3.99. The molecule has 0 radical (unpaired) electrons. The molecule has 2 aromatic heterocycles. The predicted octanol–water partition coefficient (Wildman–Crippen LogP) is 3.21. The molecule has 29 heavy (non-hydrogen) atoms. The maximum absolute atomic E-state index is 13.4. The molecular formula is C21H21N7O. The van der Waals surface area contributed by atoms with Crippen LogP contribution in [0.2, 0.25) is 0 Å². The number of benzene rings is 2. The minimum Gasteiger partial charge on any atom is -0.340 e. The van der Waals surface area contributed by atoms with Gasteiger partial charge >= 0.3 is 0 Å². The Labute approximate surface area is 167 Å². The lowest BCUT2D eigenvalue weighted by molar-refractivity contribution is 0.0601. The molecule has 8 heteroatoms. The molecule has 8 nitrogen and oxygen atoms in total. The lowest BCUT2D eigenvalue weighted by Crippen LogP contribution is -2.39. The van der Waals surface area contributed by atoms with Crippen molar-refractivity contribution in [3.8, 4) is 5.69 Å². The number of tetrazole rings is 1. The van der Waals surface area contributed by atoms with Crippen molar-refractivity contribution in [1.82, 2.24) is 35.1 Å². The maximum atomic E-state index is 13.4. The van der Waals surface area contributed by atoms with E-state index >= 15 is 0 Å². The van der Waals surface area contributed by atoms with Crippen molar-refractivity contribution < 1.29 is 4.79 Å². The number of carbonyl (C=O) groups excluding carboxylic acids is 1. The third kappa shape index (κ3) is 3.26. The number of carbonyl (C=O) groups is 1. The van der Waals surface area contributed by atoms with Crippen LogP contribution in [0.15, 0.2) is 48.8 Å². The van der Waals surface area contributed by atoms with Crippen molar-refractivity contribution in [2.45, 2.75) is 32.2 Å². The molecule has 1 unspecified atom stereocenters. The van der Waals surface area contributed by atoms with Gasteiger partial charge < -0.3 is 9.88 Å². The quantitative estimate of drug-likeness (QED) is 0.583. The Morgan fingerprint density at radius 3 is 2.97 bits per heavy atom. The number of rotatable bonds is 3. The van der Waals surface area contributed by atoms with E-state index in [1.807, 2.05) is 35.2 Å². The zero-order chi connectivity index (χ0) is 19.8. The fourth-order valence-electron chi connectivity index (χ4n) is 3.99. The summed E-state index contributed by atoms with van der Waals surface area (Å²) in [5.41, 5.74) is 4.51. The summed E-state index contributed by atoms with van der Waals surface area (Å²) in [4.78, 5) is 23.6. The van der Waals surface area contributed by atoms with Crippen molar-refractivity contribution in [1.29, 1.82) is 0 Å². The number of aryl methyl sites for hydroxylation is 1. The fraction of sp³-hybridized carbons (Fsp3) is 0.286. The normalized spacial score (nSPS) is 17.0. The molecule has 1 fully saturated rings. The molecule has 0 bridgehead atoms. The lowest BCUT2D eigenvalue weighted by Gasteiger charge is -2.34. The first-order valence-corrected chi connectivity index (χ1v) is 9.80. The molecule has 3 heterocycles. The molecule has 1 atom stereocenters. The van der Waals surface area contributed by atoms with Gasteiger partial charge in [-0.15, -0.1) is 5.10 Å². The number of aromatic nitrogens is 6. The lowest BCUT2D eigenvalue weighted by atomic mass is 10.00. The molecule has 1 saturated heterocycles. The number of nitrogens with one attached hydrogen (secondary N) is 1. The first kappa shape index (κ1) is 17.5. The minimum atomic E-state index is -0.0550. The van der Waals surface area contributed by atoms with Crippen molar-refractivity contribution in [2.75, 3.05) is 6.54 Å². The van der Waals surface area contributed by atoms with Crippen LogP contribution in [0.3, 0.4) is 0 Å². The van der Waals surface area contributed by atoms with E-state index < -0.39 is 0 Å². The average molecular weight is 387 g/mol. The molecule has 1 aliphatic heterocycles. The number of piperidine rings is 1. The van der Waals surface area contributed by atoms with Gasteiger partial charge in [0, 0.05) is 12.1 Å². The smallest absolute Gasteiger partial charge is 0.254 e. The highest BCUT2D eigenvalue weighted by Crippen LogP contribution is 2.32. The van der Waals surface area contributed by atoms with Crippen LogP contribution >= 0.6 is 0 Å². The predicted molar refractivity (Wildman–Crippen MR) is 108 cm³/mol. The Bertz CT molecular complexity index is 1160. The van der Waals surface area contributed by atoms with Crippen LogP contribution in [0.1, 0.15) is 47.1 Å². The number of hydrogen-bond acceptors (Lipinski definition) is 5. The summed E-state index contributed by atoms with van der Waals surface area (Å²) in [6, 6.07) is 13.5. The van der Waals surface area contributed by atoms with E-state index in [1.165, 1.54) is 11.9 Å². The van der Waals surface area contributed by atoms with E-state index in [1.54, 1.807) is 4.68 Å². The van der Waals surface area contributed by atoms with Gasteiger partial charge in [0.2, 0.25) is 0 Å². The first-order valence-electron chi connectivity index (χ1n) is 9.80. The molecule has 4 aromatic rings. The van der Waals surface area contributed by atoms with Crippen LogP contribution in [0, 0.1) is 6.92 Å². The second-order valence-corrected chi connectivity index (χ2v) is 7.46. The monoisotopic (exact) mass is 387 g/mol. The Morgan fingerprint density at radius 2 is 2.10 bits per heavy atom. The maximum Gasteiger partial charge on any atom is 0.254 e. The Hall–Kier alpha value is -3.55. The summed E-state index contributed by atoms with van der Waals surface area (Å²) in [5.74, 6) is 0.858. The second-order valence-electron chi connectivity index (χ2n) is 7.46. The minimum absolute atomic E-state index is 0.00117. The summed E-state index contributed by atoms with van der Waals surface area (Å²) in [6.07, 6.45) is 4.49. The molecule has 1 amide bonds. The number of fused-ring (bicyclic) bond motifs is 1. The van der Waals surface area contributed by atoms with Gasteiger partial charge in [0.1, 0.15) is 12.2 Å². The zero-order valence-electron chi connectivity index (χ0n) is 16.1. The van der Waals surface area contributed by atoms with E-state index in [4.69, 9.17) is 4.98 Å². The van der Waals surface area contributed by atoms with Gasteiger partial charge in [0.25, 0.3) is 5.91 Å². The van der Waals surface area contributed by atoms with E-state index in [9.17, 15) is 4.79 Å². The van der Waals surface area contributed by atoms with Crippen LogP contribution in [0.25, 0.3) is 16.7 Å². The molecule has 2 aromatic carbocycles. The molecule has 1 aliphatic rings. The van der Waals surface area contributed by atoms with E-state index in [-0.39, 0.29) is 11.9 Å². The van der Waals surface area contributed by atoms with Gasteiger partial charge in [0.05, 0.1) is 22.8 Å². The molecule has 5 rings (SSSR count). The van der Waals surface area contributed by atoms with Crippen molar-refractivity contribution in [3.05, 3.63) is 65.7 Å². The Balaban J connectivity index is 1.48. The van der Waals surface area contributed by atoms with Crippen LogP contribution in [-0.4, -0.2) is 47.5 Å². The molecule has 146 valence electrons. The highest BCUT2D eigenvalue weighted by Gasteiger charge is 2.31. The zero-order valence-corrected chi connectivity index (χ0v) is 16.1. The highest BCUT2D eigenvalue weighted by atomic mass is 16.2. The molecule has 0 saturated carbocycles. The molecular weight excluding hydrogens is 366 g/mol. The molecule has 0 aliphatic carbocycles. The van der Waals surface area contributed by atoms with Crippen LogP contribution in [0.4, 0.5) is 0 Å². The average Bonchev–Trinajstić information content (AvgIpc) is 3.43. The van der Waals surface area contributed by atoms with E-state index in [0.29, 0.717) is 12.1 Å². The first-order chi connectivity index (χ1) is 14.2. The summed E-state index contributed by atoms with van der Waals surface area (Å²) in [7, 11) is 0. The number of nitrogens with zero attached hydrogens (tertiary/aromatic N) is 6. The SMILES string of the molecule is Cc1ccc2nc(C3CCCCN3C(=O)c3cccc(-n4cnnn4)c3)[nH]c2c1. The van der Waals surface area contributed by atoms with Gasteiger partial charge in [-0.25, -0.2) is 9.67 Å². The number of amides is 1. The number of imidazole rings is 1. The highest BCUT2D eigenvalue weighted by molar-refractivity contribution is 5.95. The van der Waals surface area contributed by atoms with Gasteiger partial charge in [-0.3, -0.25) is 4.79 Å². The topological polar surface area (TPSA) is 92.6 Å². The van der Waals surface area contributed by atoms with Crippen molar-refractivity contribution >= 4 is 16.9 Å². The largest absolute Gasteiger partial charge is 0.340 e. The second kappa shape index (κ2) is 7.12. The number of aromatic amines is 1. The van der Waals surface area contributed by atoms with Gasteiger partial charge in [0.15, 0.2) is 0 Å². The van der Waals surface area contributed by atoms with Crippen molar-refractivity contribution in [3.63, 3.8) is 0 Å². The number of likely N-dealkylation sites (tertiary alicyclic amines) is 1. The molecule has 1 N–H and O–H groups in total. The standard InChI is InChI=1S/C21H21N7O/c1-14-8-9-17-18(11-14)24-20(23-17)19-7-2-3-10-27(19)21(29)15-5-4-6-16(12-15)28-13-22-25-26-28/h4-6,8-9,11-13,19H,2-3,7,10H2,1H3,(H,23,24). The molecule has 0 spiro atoms. The van der Waals surface area contributed by atoms with Crippen LogP contribution in [-0.2, 0) is 0 Å². The van der Waals surface area contributed by atoms with Gasteiger partial charge in [-0.1, -0.05) is 12.1 Å². The van der Waals surface area contributed by atoms with Crippen LogP contribution in [0.5, 0.6) is 0 Å². The Kier molecular flexibility index (Phi) is 4.31. The van der Waals surface area contributed by atoms with Crippen molar-refractivity contribution in [2.24, 2.45) is 0 Å². The number of hydrogen-bond donors (Lipinski definition) is 1. The summed E-state index contributed by atoms with van der Waals surface area (Å²) in [5, 5.41) is 11.2. The van der Waals surface area contributed by atoms with E-state index in [0.717, 1.165) is 41.8 Å². The summed E-state index contributed by atoms with van der Waals surface area (Å²) < 4.78 is 1.55. The third-order valence-corrected chi connectivity index (χ3v) is 5.44. The Morgan fingerprint density at radius 1 is 1.17 bits per heavy atom. The summed E-state index contributed by atoms with van der Waals surface area (Å²) in [6.45, 7) is 2.78. The van der Waals surface area contributed by atoms with E-state index in [2.05, 4.69) is 39.6 Å². The van der Waals surface area contributed by atoms with Crippen LogP contribution < -0.4 is 0 Å².